The lowest BCUT2D eigenvalue weighted by atomic mass is 9.75. The van der Waals surface area contributed by atoms with Gasteiger partial charge >= 0.3 is 0 Å². The molecule has 0 radical (unpaired) electrons. The van der Waals surface area contributed by atoms with Gasteiger partial charge in [-0.3, -0.25) is 4.79 Å². The van der Waals surface area contributed by atoms with E-state index >= 15 is 0 Å². The second-order valence-corrected chi connectivity index (χ2v) is 7.32. The molecule has 3 heteroatoms. The minimum Gasteiger partial charge on any atom is -0.327 e. The van der Waals surface area contributed by atoms with Gasteiger partial charge in [0.2, 0.25) is 0 Å². The van der Waals surface area contributed by atoms with Crippen molar-refractivity contribution in [2.24, 2.45) is 11.8 Å². The van der Waals surface area contributed by atoms with Gasteiger partial charge in [-0.25, -0.2) is 0 Å². The first-order chi connectivity index (χ1) is 10.6. The van der Waals surface area contributed by atoms with E-state index in [1.807, 2.05) is 6.07 Å². The number of amides is 1. The quantitative estimate of drug-likeness (QED) is 0.883. The number of nitrogens with one attached hydrogen (secondary N) is 2. The van der Waals surface area contributed by atoms with Crippen LogP contribution in [0.25, 0.3) is 0 Å². The number of carbonyl (C=O) groups excluding carboxylic acids is 1. The number of rotatable bonds is 3. The molecule has 1 aromatic rings. The molecular weight excluding hydrogens is 272 g/mol. The van der Waals surface area contributed by atoms with Crippen molar-refractivity contribution in [3.05, 3.63) is 29.3 Å². The van der Waals surface area contributed by atoms with E-state index in [0.29, 0.717) is 6.54 Å². The van der Waals surface area contributed by atoms with E-state index in [1.54, 1.807) is 0 Å². The van der Waals surface area contributed by atoms with E-state index < -0.39 is 0 Å². The SMILES string of the molecule is Cc1ccc(NC(=O)C[NH+]2CC[C@@H]3CCCC[C@@H]3C2)cc1C. The zero-order valence-electron chi connectivity index (χ0n) is 14.0. The minimum absolute atomic E-state index is 0.160. The number of carbonyl (C=O) groups is 1. The standard InChI is InChI=1S/C19H28N2O/c1-14-7-8-18(11-15(14)2)20-19(22)13-21-10-9-16-5-3-4-6-17(16)12-21/h7-8,11,16-17H,3-6,9-10,12-13H2,1-2H3,(H,20,22)/p+1/t16-,17+/m0/s1. The fourth-order valence-corrected chi connectivity index (χ4v) is 4.21. The van der Waals surface area contributed by atoms with Gasteiger partial charge in [-0.15, -0.1) is 0 Å². The second-order valence-electron chi connectivity index (χ2n) is 7.32. The lowest BCUT2D eigenvalue weighted by molar-refractivity contribution is -0.902. The summed E-state index contributed by atoms with van der Waals surface area (Å²) in [6.07, 6.45) is 6.93. The first-order valence-corrected chi connectivity index (χ1v) is 8.82. The molecule has 1 aliphatic heterocycles. The monoisotopic (exact) mass is 301 g/mol. The molecule has 1 aromatic carbocycles. The number of benzene rings is 1. The molecule has 1 unspecified atom stereocenters. The molecular formula is C19H29N2O+. The Balaban J connectivity index is 1.52. The highest BCUT2D eigenvalue weighted by Gasteiger charge is 2.34. The molecule has 0 bridgehead atoms. The molecule has 22 heavy (non-hydrogen) atoms. The lowest BCUT2D eigenvalue weighted by Gasteiger charge is -2.38. The third kappa shape index (κ3) is 3.70. The van der Waals surface area contributed by atoms with Crippen LogP contribution in [0, 0.1) is 25.7 Å². The molecule has 0 spiro atoms. The van der Waals surface area contributed by atoms with E-state index in [2.05, 4.69) is 31.3 Å². The minimum atomic E-state index is 0.160. The van der Waals surface area contributed by atoms with Crippen molar-refractivity contribution in [2.75, 3.05) is 25.0 Å². The van der Waals surface area contributed by atoms with Crippen LogP contribution in [0.2, 0.25) is 0 Å². The van der Waals surface area contributed by atoms with Crippen LogP contribution in [0.4, 0.5) is 5.69 Å². The molecule has 1 aliphatic carbocycles. The molecule has 0 aromatic heterocycles. The molecule has 120 valence electrons. The molecule has 3 atom stereocenters. The highest BCUT2D eigenvalue weighted by Crippen LogP contribution is 2.32. The maximum atomic E-state index is 12.3. The molecule has 1 heterocycles. The van der Waals surface area contributed by atoms with Gasteiger partial charge in [0.05, 0.1) is 13.1 Å². The number of fused-ring (bicyclic) bond motifs is 1. The largest absolute Gasteiger partial charge is 0.327 e. The van der Waals surface area contributed by atoms with E-state index in [0.717, 1.165) is 17.5 Å². The summed E-state index contributed by atoms with van der Waals surface area (Å²) >= 11 is 0. The van der Waals surface area contributed by atoms with Crippen molar-refractivity contribution in [1.29, 1.82) is 0 Å². The summed E-state index contributed by atoms with van der Waals surface area (Å²) in [7, 11) is 0. The number of hydrogen-bond acceptors (Lipinski definition) is 1. The van der Waals surface area contributed by atoms with Crippen molar-refractivity contribution >= 4 is 11.6 Å². The van der Waals surface area contributed by atoms with Gasteiger partial charge in [-0.2, -0.15) is 0 Å². The summed E-state index contributed by atoms with van der Waals surface area (Å²) in [6, 6.07) is 6.14. The second kappa shape index (κ2) is 6.82. The first-order valence-electron chi connectivity index (χ1n) is 8.82. The van der Waals surface area contributed by atoms with Gasteiger partial charge < -0.3 is 10.2 Å². The highest BCUT2D eigenvalue weighted by atomic mass is 16.2. The Labute approximate surface area is 134 Å². The van der Waals surface area contributed by atoms with Gasteiger partial charge in [0.25, 0.3) is 5.91 Å². The summed E-state index contributed by atoms with van der Waals surface area (Å²) < 4.78 is 0. The Morgan fingerprint density at radius 1 is 1.14 bits per heavy atom. The Morgan fingerprint density at radius 2 is 1.91 bits per heavy atom. The van der Waals surface area contributed by atoms with E-state index in [1.165, 1.54) is 61.2 Å². The van der Waals surface area contributed by atoms with Crippen molar-refractivity contribution < 1.29 is 9.69 Å². The average Bonchev–Trinajstić information content (AvgIpc) is 2.51. The van der Waals surface area contributed by atoms with Crippen molar-refractivity contribution in [3.63, 3.8) is 0 Å². The maximum absolute atomic E-state index is 12.3. The fraction of sp³-hybridized carbons (Fsp3) is 0.632. The van der Waals surface area contributed by atoms with E-state index in [4.69, 9.17) is 0 Å². The number of quaternary nitrogens is 1. The zero-order chi connectivity index (χ0) is 15.5. The van der Waals surface area contributed by atoms with Crippen LogP contribution in [0.3, 0.4) is 0 Å². The summed E-state index contributed by atoms with van der Waals surface area (Å²) in [5.41, 5.74) is 3.43. The molecule has 3 rings (SSSR count). The van der Waals surface area contributed by atoms with Crippen LogP contribution >= 0.6 is 0 Å². The van der Waals surface area contributed by atoms with Gasteiger partial charge in [-0.1, -0.05) is 18.9 Å². The number of anilines is 1. The molecule has 3 nitrogen and oxygen atoms in total. The third-order valence-electron chi connectivity index (χ3n) is 5.69. The summed E-state index contributed by atoms with van der Waals surface area (Å²) in [5.74, 6) is 1.97. The highest BCUT2D eigenvalue weighted by molar-refractivity contribution is 5.91. The predicted octanol–water partition coefficient (Wildman–Crippen LogP) is 2.34. The Kier molecular flexibility index (Phi) is 4.82. The van der Waals surface area contributed by atoms with Crippen molar-refractivity contribution in [1.82, 2.24) is 0 Å². The number of likely N-dealkylation sites (tertiary alicyclic amines) is 1. The molecule has 2 aliphatic rings. The van der Waals surface area contributed by atoms with Crippen molar-refractivity contribution in [2.45, 2.75) is 46.0 Å². The third-order valence-corrected chi connectivity index (χ3v) is 5.69. The maximum Gasteiger partial charge on any atom is 0.279 e. The Morgan fingerprint density at radius 3 is 2.68 bits per heavy atom. The number of hydrogen-bond donors (Lipinski definition) is 2. The molecule has 2 N–H and O–H groups in total. The zero-order valence-corrected chi connectivity index (χ0v) is 14.0. The number of piperidine rings is 1. The van der Waals surface area contributed by atoms with Gasteiger partial charge in [-0.05, 0) is 62.3 Å². The lowest BCUT2D eigenvalue weighted by Crippen LogP contribution is -3.15. The van der Waals surface area contributed by atoms with Gasteiger partial charge in [0, 0.05) is 11.6 Å². The van der Waals surface area contributed by atoms with Gasteiger partial charge in [0.1, 0.15) is 0 Å². The van der Waals surface area contributed by atoms with Crippen LogP contribution in [0.1, 0.15) is 43.2 Å². The molecule has 1 saturated heterocycles. The van der Waals surface area contributed by atoms with E-state index in [-0.39, 0.29) is 5.91 Å². The Bertz CT molecular complexity index is 540. The normalized spacial score (nSPS) is 28.0. The van der Waals surface area contributed by atoms with Crippen LogP contribution in [-0.2, 0) is 4.79 Å². The Hall–Kier alpha value is -1.35. The molecule has 2 fully saturated rings. The first kappa shape index (κ1) is 15.5. The summed E-state index contributed by atoms with van der Waals surface area (Å²) in [6.45, 7) is 7.17. The van der Waals surface area contributed by atoms with E-state index in [9.17, 15) is 4.79 Å². The topological polar surface area (TPSA) is 33.5 Å². The summed E-state index contributed by atoms with van der Waals surface area (Å²) in [5, 5.41) is 3.07. The van der Waals surface area contributed by atoms with Crippen LogP contribution in [0.5, 0.6) is 0 Å². The smallest absolute Gasteiger partial charge is 0.279 e. The van der Waals surface area contributed by atoms with Gasteiger partial charge in [0.15, 0.2) is 6.54 Å². The van der Waals surface area contributed by atoms with Crippen molar-refractivity contribution in [3.8, 4) is 0 Å². The fourth-order valence-electron chi connectivity index (χ4n) is 4.21. The number of aryl methyl sites for hydroxylation is 2. The van der Waals surface area contributed by atoms with Crippen LogP contribution < -0.4 is 10.2 Å². The molecule has 1 amide bonds. The van der Waals surface area contributed by atoms with Crippen LogP contribution in [-0.4, -0.2) is 25.5 Å². The average molecular weight is 301 g/mol. The molecule has 1 saturated carbocycles. The van der Waals surface area contributed by atoms with Crippen LogP contribution in [0.15, 0.2) is 18.2 Å². The summed E-state index contributed by atoms with van der Waals surface area (Å²) in [4.78, 5) is 13.8. The predicted molar refractivity (Wildman–Crippen MR) is 90.2 cm³/mol.